The van der Waals surface area contributed by atoms with Gasteiger partial charge in [0.25, 0.3) is 0 Å². The molecule has 1 aromatic carbocycles. The molecule has 1 aliphatic heterocycles. The standard InChI is InChI=1S/C15H19N3S2/c1-10(2)7-16-8-14-17-18-15(20-14)12-9-19-13-6-4-3-5-11(12)13/h3-6,10,12,16H,7-9H2,1-2H3. The molecule has 1 unspecified atom stereocenters. The Hall–Kier alpha value is -0.910. The molecule has 20 heavy (non-hydrogen) atoms. The van der Waals surface area contributed by atoms with Crippen molar-refractivity contribution in [3.63, 3.8) is 0 Å². The van der Waals surface area contributed by atoms with E-state index in [-0.39, 0.29) is 0 Å². The first-order chi connectivity index (χ1) is 9.74. The molecule has 1 aliphatic rings. The molecule has 3 nitrogen and oxygen atoms in total. The van der Waals surface area contributed by atoms with Gasteiger partial charge in [0.15, 0.2) is 0 Å². The zero-order chi connectivity index (χ0) is 13.9. The lowest BCUT2D eigenvalue weighted by atomic mass is 10.0. The molecule has 1 N–H and O–H groups in total. The quantitative estimate of drug-likeness (QED) is 0.917. The van der Waals surface area contributed by atoms with Gasteiger partial charge in [-0.2, -0.15) is 0 Å². The average Bonchev–Trinajstić information content (AvgIpc) is 3.04. The van der Waals surface area contributed by atoms with Crippen LogP contribution in [0.5, 0.6) is 0 Å². The maximum atomic E-state index is 4.41. The molecule has 0 saturated carbocycles. The van der Waals surface area contributed by atoms with Gasteiger partial charge < -0.3 is 5.32 Å². The van der Waals surface area contributed by atoms with Crippen molar-refractivity contribution in [3.05, 3.63) is 39.8 Å². The van der Waals surface area contributed by atoms with Crippen LogP contribution in [0.1, 0.15) is 35.3 Å². The van der Waals surface area contributed by atoms with Gasteiger partial charge in [-0.05, 0) is 24.1 Å². The Bertz CT molecular complexity index is 580. The van der Waals surface area contributed by atoms with Crippen LogP contribution in [-0.4, -0.2) is 22.5 Å². The molecule has 5 heteroatoms. The highest BCUT2D eigenvalue weighted by Crippen LogP contribution is 2.43. The fourth-order valence-corrected chi connectivity index (χ4v) is 4.59. The summed E-state index contributed by atoms with van der Waals surface area (Å²) in [5.74, 6) is 2.18. The summed E-state index contributed by atoms with van der Waals surface area (Å²) in [5.41, 5.74) is 1.41. The van der Waals surface area contributed by atoms with Crippen LogP contribution in [0, 0.1) is 5.92 Å². The number of aromatic nitrogens is 2. The lowest BCUT2D eigenvalue weighted by Crippen LogP contribution is -2.18. The van der Waals surface area contributed by atoms with Crippen LogP contribution in [0.25, 0.3) is 0 Å². The number of rotatable bonds is 5. The molecule has 0 amide bonds. The highest BCUT2D eigenvalue weighted by molar-refractivity contribution is 7.99. The Kier molecular flexibility index (Phi) is 4.38. The van der Waals surface area contributed by atoms with Gasteiger partial charge in [-0.3, -0.25) is 0 Å². The highest BCUT2D eigenvalue weighted by Gasteiger charge is 2.27. The minimum absolute atomic E-state index is 0.424. The van der Waals surface area contributed by atoms with Crippen LogP contribution >= 0.6 is 23.1 Å². The van der Waals surface area contributed by atoms with Gasteiger partial charge in [-0.1, -0.05) is 43.4 Å². The Balaban J connectivity index is 1.69. The van der Waals surface area contributed by atoms with Crippen molar-refractivity contribution in [1.82, 2.24) is 15.5 Å². The number of thioether (sulfide) groups is 1. The topological polar surface area (TPSA) is 37.8 Å². The predicted octanol–water partition coefficient (Wildman–Crippen LogP) is 3.52. The summed E-state index contributed by atoms with van der Waals surface area (Å²) < 4.78 is 0. The average molecular weight is 305 g/mol. The van der Waals surface area contributed by atoms with Crippen molar-refractivity contribution in [2.24, 2.45) is 5.92 Å². The largest absolute Gasteiger partial charge is 0.310 e. The molecule has 0 radical (unpaired) electrons. The molecule has 0 fully saturated rings. The predicted molar refractivity (Wildman–Crippen MR) is 85.5 cm³/mol. The van der Waals surface area contributed by atoms with Crippen molar-refractivity contribution in [3.8, 4) is 0 Å². The van der Waals surface area contributed by atoms with E-state index in [1.54, 1.807) is 11.3 Å². The highest BCUT2D eigenvalue weighted by atomic mass is 32.2. The molecule has 1 atom stereocenters. The first-order valence-electron chi connectivity index (χ1n) is 6.98. The molecule has 0 saturated heterocycles. The lowest BCUT2D eigenvalue weighted by molar-refractivity contribution is 0.550. The molecular formula is C15H19N3S2. The SMILES string of the molecule is CC(C)CNCc1nnc(C2CSc3ccccc32)s1. The van der Waals surface area contributed by atoms with Crippen LogP contribution in [0.4, 0.5) is 0 Å². The Morgan fingerprint density at radius 1 is 1.30 bits per heavy atom. The van der Waals surface area contributed by atoms with Crippen LogP contribution in [0.3, 0.4) is 0 Å². The van der Waals surface area contributed by atoms with Gasteiger partial charge in [0.05, 0.1) is 0 Å². The fraction of sp³-hybridized carbons (Fsp3) is 0.467. The first-order valence-corrected chi connectivity index (χ1v) is 8.79. The third-order valence-corrected chi connectivity index (χ3v) is 5.53. The summed E-state index contributed by atoms with van der Waals surface area (Å²) in [7, 11) is 0. The summed E-state index contributed by atoms with van der Waals surface area (Å²) in [6.45, 7) is 6.28. The maximum absolute atomic E-state index is 4.41. The minimum Gasteiger partial charge on any atom is -0.310 e. The van der Waals surface area contributed by atoms with Gasteiger partial charge >= 0.3 is 0 Å². The first kappa shape index (κ1) is 14.0. The lowest BCUT2D eigenvalue weighted by Gasteiger charge is -2.05. The van der Waals surface area contributed by atoms with Crippen LogP contribution in [0.2, 0.25) is 0 Å². The molecule has 0 aliphatic carbocycles. The summed E-state index contributed by atoms with van der Waals surface area (Å²) in [6.07, 6.45) is 0. The second-order valence-corrected chi connectivity index (χ2v) is 7.62. The zero-order valence-electron chi connectivity index (χ0n) is 11.8. The monoisotopic (exact) mass is 305 g/mol. The van der Waals surface area contributed by atoms with Crippen molar-refractivity contribution in [2.75, 3.05) is 12.3 Å². The summed E-state index contributed by atoms with van der Waals surface area (Å²) >= 11 is 3.67. The summed E-state index contributed by atoms with van der Waals surface area (Å²) in [4.78, 5) is 1.40. The number of benzene rings is 1. The van der Waals surface area contributed by atoms with Gasteiger partial charge in [0.2, 0.25) is 0 Å². The number of nitrogens with zero attached hydrogens (tertiary/aromatic N) is 2. The zero-order valence-corrected chi connectivity index (χ0v) is 13.4. The van der Waals surface area contributed by atoms with Crippen molar-refractivity contribution in [2.45, 2.75) is 31.2 Å². The number of hydrogen-bond acceptors (Lipinski definition) is 5. The molecule has 0 spiro atoms. The summed E-state index contributed by atoms with van der Waals surface area (Å²) in [6, 6.07) is 8.64. The van der Waals surface area contributed by atoms with Gasteiger partial charge in [-0.25, -0.2) is 0 Å². The molecule has 3 rings (SSSR count). The Morgan fingerprint density at radius 2 is 2.15 bits per heavy atom. The molecule has 1 aromatic heterocycles. The van der Waals surface area contributed by atoms with E-state index < -0.39 is 0 Å². The maximum Gasteiger partial charge on any atom is 0.131 e. The van der Waals surface area contributed by atoms with Crippen molar-refractivity contribution < 1.29 is 0 Å². The van der Waals surface area contributed by atoms with E-state index in [0.717, 1.165) is 28.9 Å². The van der Waals surface area contributed by atoms with E-state index in [1.807, 2.05) is 11.8 Å². The normalized spacial score (nSPS) is 17.6. The molecule has 0 bridgehead atoms. The molecule has 106 valence electrons. The van der Waals surface area contributed by atoms with Crippen LogP contribution < -0.4 is 5.32 Å². The number of nitrogens with one attached hydrogen (secondary N) is 1. The van der Waals surface area contributed by atoms with E-state index in [9.17, 15) is 0 Å². The third kappa shape index (κ3) is 3.05. The van der Waals surface area contributed by atoms with Crippen LogP contribution in [0.15, 0.2) is 29.2 Å². The fourth-order valence-electron chi connectivity index (χ4n) is 2.31. The molecule has 2 aromatic rings. The van der Waals surface area contributed by atoms with Crippen molar-refractivity contribution in [1.29, 1.82) is 0 Å². The second-order valence-electron chi connectivity index (χ2n) is 5.46. The number of fused-ring (bicyclic) bond motifs is 1. The van der Waals surface area contributed by atoms with E-state index in [2.05, 4.69) is 53.6 Å². The van der Waals surface area contributed by atoms with E-state index in [1.165, 1.54) is 10.5 Å². The second kappa shape index (κ2) is 6.24. The molecular weight excluding hydrogens is 286 g/mol. The number of hydrogen-bond donors (Lipinski definition) is 1. The van der Waals surface area contributed by atoms with E-state index in [0.29, 0.717) is 11.8 Å². The van der Waals surface area contributed by atoms with Crippen LogP contribution in [-0.2, 0) is 6.54 Å². The Labute approximate surface area is 128 Å². The minimum atomic E-state index is 0.424. The smallest absolute Gasteiger partial charge is 0.131 e. The van der Waals surface area contributed by atoms with Gasteiger partial charge in [0.1, 0.15) is 10.0 Å². The summed E-state index contributed by atoms with van der Waals surface area (Å²) in [5, 5.41) is 14.4. The van der Waals surface area contributed by atoms with Crippen molar-refractivity contribution >= 4 is 23.1 Å². The Morgan fingerprint density at radius 3 is 3.00 bits per heavy atom. The van der Waals surface area contributed by atoms with E-state index >= 15 is 0 Å². The van der Waals surface area contributed by atoms with Gasteiger partial charge in [-0.15, -0.1) is 22.0 Å². The van der Waals surface area contributed by atoms with Gasteiger partial charge in [0, 0.05) is 23.1 Å². The third-order valence-electron chi connectivity index (χ3n) is 3.31. The van der Waals surface area contributed by atoms with E-state index in [4.69, 9.17) is 0 Å². The molecule has 2 heterocycles.